The van der Waals surface area contributed by atoms with Crippen LogP contribution in [0.25, 0.3) is 0 Å². The van der Waals surface area contributed by atoms with Gasteiger partial charge in [-0.2, -0.15) is 0 Å². The van der Waals surface area contributed by atoms with Gasteiger partial charge < -0.3 is 5.11 Å². The van der Waals surface area contributed by atoms with Gasteiger partial charge in [-0.15, -0.1) is 0 Å². The summed E-state index contributed by atoms with van der Waals surface area (Å²) in [6.45, 7) is 6.06. The van der Waals surface area contributed by atoms with E-state index in [9.17, 15) is 4.79 Å². The summed E-state index contributed by atoms with van der Waals surface area (Å²) in [5, 5.41) is 8.85. The molecule has 0 aliphatic carbocycles. The van der Waals surface area contributed by atoms with E-state index in [0.29, 0.717) is 5.92 Å². The van der Waals surface area contributed by atoms with Crippen molar-refractivity contribution >= 4 is 35.5 Å². The molecule has 3 heteroatoms. The average Bonchev–Trinajstić information content (AvgIpc) is 2.17. The van der Waals surface area contributed by atoms with Gasteiger partial charge in [-0.25, -0.2) is 0 Å². The molecule has 1 radical (unpaired) electrons. The van der Waals surface area contributed by atoms with Gasteiger partial charge in [0.2, 0.25) is 0 Å². The van der Waals surface area contributed by atoms with Crippen LogP contribution in [0.5, 0.6) is 0 Å². The first-order chi connectivity index (χ1) is 7.00. The number of benzene rings is 1. The zero-order chi connectivity index (χ0) is 11.4. The van der Waals surface area contributed by atoms with E-state index < -0.39 is 11.9 Å². The number of carbonyl (C=O) groups is 1. The molecule has 0 aliphatic rings. The molecule has 0 bridgehead atoms. The van der Waals surface area contributed by atoms with Gasteiger partial charge in [0.15, 0.2) is 0 Å². The molecule has 1 N–H and O–H groups in total. The van der Waals surface area contributed by atoms with Crippen molar-refractivity contribution in [1.29, 1.82) is 0 Å². The van der Waals surface area contributed by atoms with Gasteiger partial charge >= 0.3 is 5.97 Å². The van der Waals surface area contributed by atoms with Crippen molar-refractivity contribution in [3.63, 3.8) is 0 Å². The van der Waals surface area contributed by atoms with Crippen LogP contribution in [-0.2, 0) is 11.2 Å². The molecule has 1 unspecified atom stereocenters. The maximum Gasteiger partial charge on any atom is 0.310 e. The van der Waals surface area contributed by atoms with Crippen molar-refractivity contribution < 1.29 is 9.90 Å². The third kappa shape index (κ3) is 4.69. The molecule has 0 heterocycles. The van der Waals surface area contributed by atoms with E-state index in [-0.39, 0.29) is 29.6 Å². The minimum Gasteiger partial charge on any atom is -0.481 e. The Bertz CT molecular complexity index is 330. The van der Waals surface area contributed by atoms with Crippen LogP contribution in [0.1, 0.15) is 37.8 Å². The summed E-state index contributed by atoms with van der Waals surface area (Å²) in [5.74, 6) is -0.558. The zero-order valence-corrected chi connectivity index (χ0v) is 12.5. The van der Waals surface area contributed by atoms with Gasteiger partial charge in [-0.1, -0.05) is 38.1 Å². The van der Waals surface area contributed by atoms with E-state index >= 15 is 0 Å². The first-order valence-corrected chi connectivity index (χ1v) is 5.32. The third-order valence-corrected chi connectivity index (χ3v) is 2.49. The Balaban J connectivity index is 0.00000225. The summed E-state index contributed by atoms with van der Waals surface area (Å²) >= 11 is 0. The molecule has 1 aromatic rings. The summed E-state index contributed by atoms with van der Waals surface area (Å²) in [6, 6.07) is 7.87. The second-order valence-electron chi connectivity index (χ2n) is 4.40. The molecule has 1 rings (SSSR count). The van der Waals surface area contributed by atoms with Crippen LogP contribution < -0.4 is 0 Å². The molecule has 2 nitrogen and oxygen atoms in total. The van der Waals surface area contributed by atoms with E-state index in [2.05, 4.69) is 13.8 Å². The van der Waals surface area contributed by atoms with Crippen molar-refractivity contribution in [2.45, 2.75) is 33.1 Å². The SMILES string of the molecule is CC(C)Cc1ccc(C(C)C(=O)O)cc1.[Na]. The third-order valence-electron chi connectivity index (χ3n) is 2.49. The fraction of sp³-hybridized carbons (Fsp3) is 0.462. The van der Waals surface area contributed by atoms with E-state index in [4.69, 9.17) is 5.11 Å². The quantitative estimate of drug-likeness (QED) is 0.806. The van der Waals surface area contributed by atoms with Crippen molar-refractivity contribution in [2.75, 3.05) is 0 Å². The van der Waals surface area contributed by atoms with Crippen molar-refractivity contribution in [3.05, 3.63) is 35.4 Å². The van der Waals surface area contributed by atoms with Gasteiger partial charge in [0.25, 0.3) is 0 Å². The molecule has 0 saturated carbocycles. The molecular weight excluding hydrogens is 211 g/mol. The van der Waals surface area contributed by atoms with E-state index in [0.717, 1.165) is 12.0 Å². The number of rotatable bonds is 4. The minimum atomic E-state index is -0.772. The summed E-state index contributed by atoms with van der Waals surface area (Å²) in [4.78, 5) is 10.8. The molecule has 0 saturated heterocycles. The Morgan fingerprint density at radius 1 is 1.19 bits per heavy atom. The van der Waals surface area contributed by atoms with Crippen LogP contribution in [-0.4, -0.2) is 40.6 Å². The molecule has 0 amide bonds. The van der Waals surface area contributed by atoms with Crippen LogP contribution in [0.3, 0.4) is 0 Å². The first-order valence-electron chi connectivity index (χ1n) is 5.32. The second-order valence-corrected chi connectivity index (χ2v) is 4.40. The average molecular weight is 229 g/mol. The van der Waals surface area contributed by atoms with Gasteiger partial charge in [0.1, 0.15) is 0 Å². The Hall–Kier alpha value is -0.310. The van der Waals surface area contributed by atoms with Crippen LogP contribution in [0.15, 0.2) is 24.3 Å². The normalized spacial score (nSPS) is 12.0. The topological polar surface area (TPSA) is 37.3 Å². The first kappa shape index (κ1) is 15.7. The molecular formula is C13H18NaO2. The summed E-state index contributed by atoms with van der Waals surface area (Å²) in [5.41, 5.74) is 2.14. The number of hydrogen-bond acceptors (Lipinski definition) is 1. The van der Waals surface area contributed by atoms with Crippen molar-refractivity contribution in [2.24, 2.45) is 5.92 Å². The largest absolute Gasteiger partial charge is 0.481 e. The number of aliphatic carboxylic acids is 1. The minimum absolute atomic E-state index is 0. The summed E-state index contributed by atoms with van der Waals surface area (Å²) in [6.07, 6.45) is 1.04. The van der Waals surface area contributed by atoms with E-state index in [1.54, 1.807) is 6.92 Å². The van der Waals surface area contributed by atoms with Crippen LogP contribution in [0.4, 0.5) is 0 Å². The van der Waals surface area contributed by atoms with Gasteiger partial charge in [0.05, 0.1) is 5.92 Å². The molecule has 83 valence electrons. The van der Waals surface area contributed by atoms with Gasteiger partial charge in [-0.05, 0) is 30.4 Å². The van der Waals surface area contributed by atoms with E-state index in [1.165, 1.54) is 5.56 Å². The van der Waals surface area contributed by atoms with Gasteiger partial charge in [0, 0.05) is 29.6 Å². The number of carboxylic acid groups (broad SMARTS) is 1. The Morgan fingerprint density at radius 2 is 1.69 bits per heavy atom. The Morgan fingerprint density at radius 3 is 2.06 bits per heavy atom. The maximum atomic E-state index is 10.8. The zero-order valence-electron chi connectivity index (χ0n) is 10.5. The van der Waals surface area contributed by atoms with Crippen LogP contribution in [0, 0.1) is 5.92 Å². The molecule has 0 aromatic heterocycles. The summed E-state index contributed by atoms with van der Waals surface area (Å²) in [7, 11) is 0. The predicted molar refractivity (Wildman–Crippen MR) is 66.8 cm³/mol. The van der Waals surface area contributed by atoms with Gasteiger partial charge in [-0.3, -0.25) is 4.79 Å². The molecule has 0 fully saturated rings. The fourth-order valence-electron chi connectivity index (χ4n) is 1.56. The molecule has 0 aliphatic heterocycles. The molecule has 0 spiro atoms. The predicted octanol–water partition coefficient (Wildman–Crippen LogP) is 2.69. The monoisotopic (exact) mass is 229 g/mol. The van der Waals surface area contributed by atoms with Crippen LogP contribution in [0.2, 0.25) is 0 Å². The molecule has 1 atom stereocenters. The van der Waals surface area contributed by atoms with Crippen molar-refractivity contribution in [1.82, 2.24) is 0 Å². The molecule has 1 aromatic carbocycles. The Kier molecular flexibility index (Phi) is 6.96. The van der Waals surface area contributed by atoms with E-state index in [1.807, 2.05) is 24.3 Å². The fourth-order valence-corrected chi connectivity index (χ4v) is 1.56. The smallest absolute Gasteiger partial charge is 0.310 e. The number of carboxylic acids is 1. The van der Waals surface area contributed by atoms with Crippen LogP contribution >= 0.6 is 0 Å². The van der Waals surface area contributed by atoms with Crippen molar-refractivity contribution in [3.8, 4) is 0 Å². The number of hydrogen-bond donors (Lipinski definition) is 1. The standard InChI is InChI=1S/C13H18O2.Na/c1-9(2)8-11-4-6-12(7-5-11)10(3)13(14)15;/h4-7,9-10H,8H2,1-3H3,(H,14,15);. The summed E-state index contributed by atoms with van der Waals surface area (Å²) < 4.78 is 0. The second kappa shape index (κ2) is 7.10. The molecule has 16 heavy (non-hydrogen) atoms. The Labute approximate surface area is 119 Å². The maximum absolute atomic E-state index is 10.8.